The first kappa shape index (κ1) is 28.8. The van der Waals surface area contributed by atoms with Crippen molar-refractivity contribution in [2.24, 2.45) is 0 Å². The summed E-state index contributed by atoms with van der Waals surface area (Å²) in [5.41, 5.74) is 1.51. The fourth-order valence-corrected chi connectivity index (χ4v) is 2.42. The summed E-state index contributed by atoms with van der Waals surface area (Å²) in [7, 11) is 0. The van der Waals surface area contributed by atoms with Gasteiger partial charge < -0.3 is 14.9 Å². The summed E-state index contributed by atoms with van der Waals surface area (Å²) in [6.07, 6.45) is 31.4. The molecule has 0 aromatic heterocycles. The number of hydrogen-bond donors (Lipinski definition) is 0. The van der Waals surface area contributed by atoms with Crippen molar-refractivity contribution >= 4 is 6.88 Å². The van der Waals surface area contributed by atoms with E-state index in [-0.39, 0.29) is 14.9 Å². The molecule has 138 valence electrons. The Balaban J connectivity index is -0.000000415. The van der Waals surface area contributed by atoms with E-state index >= 15 is 0 Å². The first-order valence-corrected chi connectivity index (χ1v) is 14.7. The molecule has 2 rings (SSSR count). The van der Waals surface area contributed by atoms with Gasteiger partial charge in [0.25, 0.3) is 0 Å². The van der Waals surface area contributed by atoms with Gasteiger partial charge in [0.05, 0.1) is 0 Å². The molecule has 0 saturated carbocycles. The minimum atomic E-state index is 0. The van der Waals surface area contributed by atoms with Gasteiger partial charge in [0.2, 0.25) is 0 Å². The van der Waals surface area contributed by atoms with E-state index in [0.29, 0.717) is 0 Å². The van der Waals surface area contributed by atoms with Crippen LogP contribution in [0.1, 0.15) is 77.6 Å². The van der Waals surface area contributed by atoms with Crippen LogP contribution < -0.4 is 0 Å². The predicted molar refractivity (Wildman–Crippen MR) is 111 cm³/mol. The summed E-state index contributed by atoms with van der Waals surface area (Å²) in [6, 6.07) is 0. The summed E-state index contributed by atoms with van der Waals surface area (Å²) in [4.78, 5) is 0. The average Bonchev–Trinajstić information content (AvgIpc) is 3.28. The Hall–Kier alpha value is 0.0600. The number of hydrogen-bond acceptors (Lipinski definition) is 0. The molecule has 24 heavy (non-hydrogen) atoms. The van der Waals surface area contributed by atoms with Crippen molar-refractivity contribution in [2.75, 3.05) is 0 Å². The Kier molecular flexibility index (Phi) is 30.4. The van der Waals surface area contributed by atoms with Crippen molar-refractivity contribution in [1.82, 2.24) is 0 Å². The number of allylic oxidation sites excluding steroid dienone is 8. The maximum atomic E-state index is 3.23. The van der Waals surface area contributed by atoms with Gasteiger partial charge in [-0.3, -0.25) is 12.2 Å². The van der Waals surface area contributed by atoms with E-state index in [1.165, 1.54) is 63.4 Å². The second kappa shape index (κ2) is 25.3. The Morgan fingerprint density at radius 2 is 1.54 bits per heavy atom. The molecule has 2 aliphatic carbocycles. The molecule has 0 aromatic carbocycles. The molecule has 0 nitrogen and oxygen atoms in total. The fourth-order valence-electron chi connectivity index (χ4n) is 2.42. The van der Waals surface area contributed by atoms with Gasteiger partial charge in [-0.2, -0.15) is 12.2 Å². The van der Waals surface area contributed by atoms with Crippen LogP contribution in [0.4, 0.5) is 0 Å². The van der Waals surface area contributed by atoms with Crippen LogP contribution in [0.2, 0.25) is 0 Å². The van der Waals surface area contributed by atoms with Gasteiger partial charge >= 0.3 is 30.2 Å². The van der Waals surface area contributed by atoms with Gasteiger partial charge in [-0.05, 0) is 0 Å². The van der Waals surface area contributed by atoms with Crippen LogP contribution in [-0.4, -0.2) is 6.88 Å². The van der Waals surface area contributed by atoms with E-state index in [9.17, 15) is 0 Å². The summed E-state index contributed by atoms with van der Waals surface area (Å²) in [6.45, 7) is 4.23. The molecule has 0 radical (unpaired) electrons. The molecule has 0 unspecified atom stereocenters. The summed E-state index contributed by atoms with van der Waals surface area (Å²) in [5.74, 6) is 0. The number of rotatable bonds is 9. The normalized spacial score (nSPS) is 12.9. The minimum absolute atomic E-state index is 0. The Morgan fingerprint density at radius 1 is 0.917 bits per heavy atom. The molecule has 0 aliphatic heterocycles. The second-order valence-corrected chi connectivity index (χ2v) is 5.56. The van der Waals surface area contributed by atoms with E-state index in [2.05, 4.69) is 37.3 Å². The standard InChI is InChI=1S/C15H25.C5H5.2CH3.H2Si.Zr/c1-2-3-4-5-6-7-8-9-12-15-13-10-11-14-15;1-2-4-5-3-1;;;;/h13-14H,2-10,12H2,1H3;1-3H,4H2;2*1H3;1H2;/q4*-1;;. The molecule has 0 amide bonds. The van der Waals surface area contributed by atoms with Crippen LogP contribution in [0.25, 0.3) is 0 Å². The Morgan fingerprint density at radius 3 is 1.96 bits per heavy atom. The monoisotopic (exact) mass is 420 g/mol. The summed E-state index contributed by atoms with van der Waals surface area (Å²) in [5, 5.41) is 0. The average molecular weight is 422 g/mol. The van der Waals surface area contributed by atoms with E-state index in [1.54, 1.807) is 23.3 Å². The third kappa shape index (κ3) is 20.1. The van der Waals surface area contributed by atoms with E-state index < -0.39 is 0 Å². The molecular formula is C22H38SiZr-4. The topological polar surface area (TPSA) is 0 Å². The zero-order valence-electron chi connectivity index (χ0n) is 16.4. The SMILES string of the molecule is CCCCCCCCCCC1=CC[C-]=C1.[C-]1=CC=CC1.[CH3-].[CH3-].[SiH2]=[Zr]. The second-order valence-electron chi connectivity index (χ2n) is 5.56. The first-order chi connectivity index (χ1) is 10.9. The van der Waals surface area contributed by atoms with Crippen molar-refractivity contribution < 1.29 is 23.3 Å². The summed E-state index contributed by atoms with van der Waals surface area (Å²) >= 11 is 1.58. The van der Waals surface area contributed by atoms with Gasteiger partial charge in [-0.15, -0.1) is 12.8 Å². The molecular weight excluding hydrogens is 384 g/mol. The molecule has 0 heterocycles. The van der Waals surface area contributed by atoms with Gasteiger partial charge in [0.1, 0.15) is 0 Å². The molecule has 0 bridgehead atoms. The third-order valence-electron chi connectivity index (χ3n) is 3.67. The summed E-state index contributed by atoms with van der Waals surface area (Å²) < 4.78 is 0. The van der Waals surface area contributed by atoms with Crippen molar-refractivity contribution in [3.05, 3.63) is 63.0 Å². The molecule has 0 aromatic rings. The van der Waals surface area contributed by atoms with Crippen LogP contribution >= 0.6 is 0 Å². The molecule has 2 aliphatic rings. The first-order valence-electron chi connectivity index (χ1n) is 8.76. The molecule has 2 heteroatoms. The van der Waals surface area contributed by atoms with Gasteiger partial charge in [-0.25, -0.2) is 23.8 Å². The van der Waals surface area contributed by atoms with Gasteiger partial charge in [-0.1, -0.05) is 64.7 Å². The predicted octanol–water partition coefficient (Wildman–Crippen LogP) is 6.49. The van der Waals surface area contributed by atoms with Crippen LogP contribution in [-0.2, 0) is 23.3 Å². The molecule has 0 spiro atoms. The van der Waals surface area contributed by atoms with Gasteiger partial charge in [0, 0.05) is 0 Å². The van der Waals surface area contributed by atoms with E-state index in [4.69, 9.17) is 0 Å². The fraction of sp³-hybridized carbons (Fsp3) is 0.545. The molecule has 0 fully saturated rings. The van der Waals surface area contributed by atoms with Crippen molar-refractivity contribution in [2.45, 2.75) is 77.6 Å². The third-order valence-corrected chi connectivity index (χ3v) is 3.67. The number of unbranched alkanes of at least 4 members (excludes halogenated alkanes) is 7. The maximum absolute atomic E-state index is 3.23. The molecule has 0 atom stereocenters. The molecule has 0 N–H and O–H groups in total. The van der Waals surface area contributed by atoms with Crippen LogP contribution in [0.3, 0.4) is 0 Å². The Bertz CT molecular complexity index is 343. The molecule has 0 saturated heterocycles. The van der Waals surface area contributed by atoms with Crippen molar-refractivity contribution in [1.29, 1.82) is 0 Å². The zero-order valence-corrected chi connectivity index (χ0v) is 20.2. The van der Waals surface area contributed by atoms with Crippen LogP contribution in [0.15, 0.2) is 36.0 Å². The van der Waals surface area contributed by atoms with Crippen molar-refractivity contribution in [3.8, 4) is 0 Å². The van der Waals surface area contributed by atoms with E-state index in [1.807, 2.05) is 19.0 Å². The Labute approximate surface area is 170 Å². The van der Waals surface area contributed by atoms with E-state index in [0.717, 1.165) is 12.8 Å². The zero-order chi connectivity index (χ0) is 16.3. The van der Waals surface area contributed by atoms with Crippen LogP contribution in [0, 0.1) is 27.0 Å². The van der Waals surface area contributed by atoms with Gasteiger partial charge in [0.15, 0.2) is 0 Å². The van der Waals surface area contributed by atoms with Crippen LogP contribution in [0.5, 0.6) is 0 Å². The van der Waals surface area contributed by atoms with Crippen molar-refractivity contribution in [3.63, 3.8) is 0 Å². The quantitative estimate of drug-likeness (QED) is 0.226.